The molecule has 118 valence electrons. The molecule has 0 aliphatic heterocycles. The number of halogens is 3. The van der Waals surface area contributed by atoms with Gasteiger partial charge in [0.1, 0.15) is 6.54 Å². The highest BCUT2D eigenvalue weighted by Gasteiger charge is 2.34. The van der Waals surface area contributed by atoms with Crippen molar-refractivity contribution in [2.24, 2.45) is 11.7 Å². The Balaban J connectivity index is 2.84. The van der Waals surface area contributed by atoms with E-state index in [-0.39, 0.29) is 12.5 Å². The number of hydrogen-bond acceptors (Lipinski definition) is 2. The second kappa shape index (κ2) is 7.45. The predicted octanol–water partition coefficient (Wildman–Crippen LogP) is 2.95. The average molecular weight is 302 g/mol. The van der Waals surface area contributed by atoms with Gasteiger partial charge in [0.15, 0.2) is 0 Å². The Bertz CT molecular complexity index is 446. The van der Waals surface area contributed by atoms with E-state index < -0.39 is 24.7 Å². The van der Waals surface area contributed by atoms with Crippen molar-refractivity contribution in [3.8, 4) is 0 Å². The van der Waals surface area contributed by atoms with Crippen LogP contribution in [-0.2, 0) is 11.3 Å². The Morgan fingerprint density at radius 1 is 1.24 bits per heavy atom. The summed E-state index contributed by atoms with van der Waals surface area (Å²) < 4.78 is 38.0. The number of amides is 1. The maximum absolute atomic E-state index is 12.7. The van der Waals surface area contributed by atoms with Crippen LogP contribution < -0.4 is 5.73 Å². The summed E-state index contributed by atoms with van der Waals surface area (Å²) in [4.78, 5) is 12.9. The van der Waals surface area contributed by atoms with E-state index in [0.29, 0.717) is 12.0 Å². The minimum absolute atomic E-state index is 0.0923. The van der Waals surface area contributed by atoms with Gasteiger partial charge in [-0.1, -0.05) is 44.2 Å². The van der Waals surface area contributed by atoms with Gasteiger partial charge in [-0.15, -0.1) is 0 Å². The molecule has 0 saturated carbocycles. The van der Waals surface area contributed by atoms with Crippen molar-refractivity contribution < 1.29 is 18.0 Å². The molecule has 6 heteroatoms. The Labute approximate surface area is 122 Å². The van der Waals surface area contributed by atoms with Crippen molar-refractivity contribution in [1.82, 2.24) is 4.90 Å². The van der Waals surface area contributed by atoms with E-state index >= 15 is 0 Å². The molecule has 1 atom stereocenters. The highest BCUT2D eigenvalue weighted by molar-refractivity contribution is 5.81. The Morgan fingerprint density at radius 2 is 1.81 bits per heavy atom. The summed E-state index contributed by atoms with van der Waals surface area (Å²) in [5.41, 5.74) is 6.38. The zero-order valence-electron chi connectivity index (χ0n) is 12.2. The van der Waals surface area contributed by atoms with Crippen LogP contribution in [0, 0.1) is 5.92 Å². The van der Waals surface area contributed by atoms with Crippen LogP contribution in [0.15, 0.2) is 30.3 Å². The third-order valence-electron chi connectivity index (χ3n) is 2.94. The number of nitrogens with two attached hydrogens (primary N) is 1. The molecule has 0 aliphatic rings. The molecule has 0 spiro atoms. The highest BCUT2D eigenvalue weighted by atomic mass is 19.4. The lowest BCUT2D eigenvalue weighted by Gasteiger charge is -2.27. The van der Waals surface area contributed by atoms with Gasteiger partial charge in [0.2, 0.25) is 5.91 Å². The SMILES string of the molecule is CC(C)C[C@H](N)C(=O)N(Cc1ccccc1)CC(F)(F)F. The first-order valence-corrected chi connectivity index (χ1v) is 6.84. The number of nitrogens with zero attached hydrogens (tertiary/aromatic N) is 1. The number of benzene rings is 1. The van der Waals surface area contributed by atoms with Gasteiger partial charge >= 0.3 is 6.18 Å². The fourth-order valence-electron chi connectivity index (χ4n) is 2.08. The fraction of sp³-hybridized carbons (Fsp3) is 0.533. The van der Waals surface area contributed by atoms with Crippen molar-refractivity contribution in [2.45, 2.75) is 39.0 Å². The Hall–Kier alpha value is -1.56. The zero-order valence-corrected chi connectivity index (χ0v) is 12.2. The molecule has 1 amide bonds. The molecule has 1 rings (SSSR count). The van der Waals surface area contributed by atoms with E-state index in [1.807, 2.05) is 13.8 Å². The van der Waals surface area contributed by atoms with Gasteiger partial charge in [-0.2, -0.15) is 13.2 Å². The number of alkyl halides is 3. The van der Waals surface area contributed by atoms with Crippen molar-refractivity contribution in [3.05, 3.63) is 35.9 Å². The summed E-state index contributed by atoms with van der Waals surface area (Å²) in [5, 5.41) is 0. The number of carbonyl (C=O) groups excluding carboxylic acids is 1. The smallest absolute Gasteiger partial charge is 0.328 e. The van der Waals surface area contributed by atoms with Crippen LogP contribution in [-0.4, -0.2) is 29.6 Å². The average Bonchev–Trinajstić information content (AvgIpc) is 2.36. The lowest BCUT2D eigenvalue weighted by Crippen LogP contribution is -2.47. The molecule has 0 heterocycles. The molecule has 3 nitrogen and oxygen atoms in total. The molecule has 1 aromatic rings. The van der Waals surface area contributed by atoms with Crippen molar-refractivity contribution in [2.75, 3.05) is 6.54 Å². The van der Waals surface area contributed by atoms with Crippen molar-refractivity contribution >= 4 is 5.91 Å². The van der Waals surface area contributed by atoms with Crippen LogP contribution in [0.2, 0.25) is 0 Å². The van der Waals surface area contributed by atoms with Gasteiger partial charge in [-0.3, -0.25) is 4.79 Å². The topological polar surface area (TPSA) is 46.3 Å². The van der Waals surface area contributed by atoms with Gasteiger partial charge in [0.25, 0.3) is 0 Å². The molecular weight excluding hydrogens is 281 g/mol. The summed E-state index contributed by atoms with van der Waals surface area (Å²) in [5.74, 6) is -0.515. The minimum atomic E-state index is -4.44. The molecule has 2 N–H and O–H groups in total. The van der Waals surface area contributed by atoms with E-state index in [1.165, 1.54) is 0 Å². The molecule has 0 aromatic heterocycles. The molecular formula is C15H21F3N2O. The van der Waals surface area contributed by atoms with Crippen LogP contribution in [0.25, 0.3) is 0 Å². The quantitative estimate of drug-likeness (QED) is 0.878. The lowest BCUT2D eigenvalue weighted by molar-refractivity contribution is -0.163. The van der Waals surface area contributed by atoms with E-state index in [2.05, 4.69) is 0 Å². The molecule has 0 radical (unpaired) electrons. The Kier molecular flexibility index (Phi) is 6.20. The monoisotopic (exact) mass is 302 g/mol. The summed E-state index contributed by atoms with van der Waals surface area (Å²) in [6, 6.07) is 7.68. The first-order valence-electron chi connectivity index (χ1n) is 6.84. The second-order valence-corrected chi connectivity index (χ2v) is 5.53. The summed E-state index contributed by atoms with van der Waals surface area (Å²) in [6.07, 6.45) is -4.08. The van der Waals surface area contributed by atoms with Crippen LogP contribution in [0.3, 0.4) is 0 Å². The summed E-state index contributed by atoms with van der Waals surface area (Å²) in [6.45, 7) is 2.37. The molecule has 0 fully saturated rings. The minimum Gasteiger partial charge on any atom is -0.328 e. The summed E-state index contributed by atoms with van der Waals surface area (Å²) >= 11 is 0. The third-order valence-corrected chi connectivity index (χ3v) is 2.94. The van der Waals surface area contributed by atoms with E-state index in [0.717, 1.165) is 4.90 Å². The van der Waals surface area contributed by atoms with E-state index in [4.69, 9.17) is 5.73 Å². The number of carbonyl (C=O) groups is 1. The Morgan fingerprint density at radius 3 is 2.29 bits per heavy atom. The molecule has 0 bridgehead atoms. The van der Waals surface area contributed by atoms with Gasteiger partial charge in [-0.25, -0.2) is 0 Å². The van der Waals surface area contributed by atoms with Crippen molar-refractivity contribution in [3.63, 3.8) is 0 Å². The fourth-order valence-corrected chi connectivity index (χ4v) is 2.08. The maximum Gasteiger partial charge on any atom is 0.406 e. The van der Waals surface area contributed by atoms with Crippen molar-refractivity contribution in [1.29, 1.82) is 0 Å². The van der Waals surface area contributed by atoms with E-state index in [9.17, 15) is 18.0 Å². The molecule has 0 saturated heterocycles. The number of hydrogen-bond donors (Lipinski definition) is 1. The van der Waals surface area contributed by atoms with Crippen LogP contribution in [0.4, 0.5) is 13.2 Å². The number of rotatable bonds is 6. The van der Waals surface area contributed by atoms with Gasteiger partial charge in [0, 0.05) is 6.54 Å². The lowest BCUT2D eigenvalue weighted by atomic mass is 10.0. The first-order chi connectivity index (χ1) is 9.69. The molecule has 21 heavy (non-hydrogen) atoms. The third kappa shape index (κ3) is 6.62. The normalized spacial score (nSPS) is 13.3. The molecule has 0 aliphatic carbocycles. The second-order valence-electron chi connectivity index (χ2n) is 5.53. The van der Waals surface area contributed by atoms with Gasteiger partial charge < -0.3 is 10.6 Å². The first kappa shape index (κ1) is 17.5. The van der Waals surface area contributed by atoms with Crippen LogP contribution in [0.5, 0.6) is 0 Å². The summed E-state index contributed by atoms with van der Waals surface area (Å²) in [7, 11) is 0. The van der Waals surface area contributed by atoms with Gasteiger partial charge in [0.05, 0.1) is 6.04 Å². The highest BCUT2D eigenvalue weighted by Crippen LogP contribution is 2.19. The standard InChI is InChI=1S/C15H21F3N2O/c1-11(2)8-13(19)14(21)20(10-15(16,17)18)9-12-6-4-3-5-7-12/h3-7,11,13H,8-10,19H2,1-2H3/t13-/m0/s1. The van der Waals surface area contributed by atoms with E-state index in [1.54, 1.807) is 30.3 Å². The van der Waals surface area contributed by atoms with Crippen LogP contribution in [0.1, 0.15) is 25.8 Å². The zero-order chi connectivity index (χ0) is 16.0. The maximum atomic E-state index is 12.7. The largest absolute Gasteiger partial charge is 0.406 e. The molecule has 0 unspecified atom stereocenters. The van der Waals surface area contributed by atoms with Crippen LogP contribution >= 0.6 is 0 Å². The predicted molar refractivity (Wildman–Crippen MR) is 75.3 cm³/mol. The van der Waals surface area contributed by atoms with Gasteiger partial charge in [-0.05, 0) is 17.9 Å². The molecule has 1 aromatic carbocycles.